The third kappa shape index (κ3) is 2.25. The third-order valence-corrected chi connectivity index (χ3v) is 2.90. The molecule has 0 N–H and O–H groups in total. The summed E-state index contributed by atoms with van der Waals surface area (Å²) in [4.78, 5) is 0. The van der Waals surface area contributed by atoms with Gasteiger partial charge >= 0.3 is 0 Å². The molecule has 0 atom stereocenters. The number of halogens is 2. The largest absolute Gasteiger partial charge is 0.207 e. The molecule has 0 fully saturated rings. The Kier molecular flexibility index (Phi) is 3.25. The van der Waals surface area contributed by atoms with Crippen LogP contribution in [0, 0.1) is 5.82 Å². The van der Waals surface area contributed by atoms with Gasteiger partial charge < -0.3 is 0 Å². The van der Waals surface area contributed by atoms with Crippen molar-refractivity contribution in [2.75, 3.05) is 0 Å². The summed E-state index contributed by atoms with van der Waals surface area (Å²) in [7, 11) is 0. The Morgan fingerprint density at radius 3 is 2.62 bits per heavy atom. The van der Waals surface area contributed by atoms with Crippen LogP contribution < -0.4 is 0 Å². The first-order chi connectivity index (χ1) is 7.70. The maximum Gasteiger partial charge on any atom is 0.123 e. The van der Waals surface area contributed by atoms with Crippen LogP contribution in [-0.2, 0) is 6.42 Å². The lowest BCUT2D eigenvalue weighted by atomic mass is 10.0. The van der Waals surface area contributed by atoms with Crippen LogP contribution in [0.15, 0.2) is 42.5 Å². The fourth-order valence-corrected chi connectivity index (χ4v) is 1.90. The summed E-state index contributed by atoms with van der Waals surface area (Å²) in [5.41, 5.74) is 2.91. The van der Waals surface area contributed by atoms with E-state index in [9.17, 15) is 4.39 Å². The van der Waals surface area contributed by atoms with E-state index in [1.807, 2.05) is 24.3 Å². The Bertz CT molecular complexity index is 506. The fourth-order valence-electron chi connectivity index (χ4n) is 1.67. The molecule has 82 valence electrons. The van der Waals surface area contributed by atoms with Gasteiger partial charge in [-0.05, 0) is 41.8 Å². The van der Waals surface area contributed by atoms with Crippen LogP contribution in [0.4, 0.5) is 4.39 Å². The van der Waals surface area contributed by atoms with E-state index >= 15 is 0 Å². The van der Waals surface area contributed by atoms with Crippen molar-refractivity contribution in [1.82, 2.24) is 0 Å². The zero-order chi connectivity index (χ0) is 11.5. The van der Waals surface area contributed by atoms with E-state index in [4.69, 9.17) is 11.6 Å². The van der Waals surface area contributed by atoms with Crippen LogP contribution in [0.25, 0.3) is 11.1 Å². The van der Waals surface area contributed by atoms with Gasteiger partial charge in [-0.1, -0.05) is 36.7 Å². The number of rotatable bonds is 2. The van der Waals surface area contributed by atoms with Crippen LogP contribution in [-0.4, -0.2) is 0 Å². The summed E-state index contributed by atoms with van der Waals surface area (Å²) in [6.07, 6.45) is 0.944. The Balaban J connectivity index is 2.54. The summed E-state index contributed by atoms with van der Waals surface area (Å²) in [5.74, 6) is -0.240. The smallest absolute Gasteiger partial charge is 0.123 e. The Labute approximate surface area is 99.7 Å². The molecule has 0 aliphatic heterocycles. The minimum absolute atomic E-state index is 0.240. The van der Waals surface area contributed by atoms with Crippen molar-refractivity contribution in [1.29, 1.82) is 0 Å². The Hall–Kier alpha value is -1.34. The van der Waals surface area contributed by atoms with Gasteiger partial charge in [-0.3, -0.25) is 0 Å². The van der Waals surface area contributed by atoms with Gasteiger partial charge in [0.2, 0.25) is 0 Å². The lowest BCUT2D eigenvalue weighted by molar-refractivity contribution is 0.628. The van der Waals surface area contributed by atoms with Gasteiger partial charge in [0, 0.05) is 10.6 Å². The molecule has 2 aromatic rings. The number of benzene rings is 2. The molecular formula is C14H12ClF. The van der Waals surface area contributed by atoms with E-state index in [1.165, 1.54) is 17.7 Å². The maximum atomic E-state index is 13.1. The molecule has 2 heteroatoms. The van der Waals surface area contributed by atoms with Crippen LogP contribution in [0.3, 0.4) is 0 Å². The van der Waals surface area contributed by atoms with Crippen molar-refractivity contribution in [3.8, 4) is 11.1 Å². The van der Waals surface area contributed by atoms with Crippen molar-refractivity contribution >= 4 is 11.6 Å². The molecule has 0 heterocycles. The Morgan fingerprint density at radius 2 is 1.94 bits per heavy atom. The molecule has 2 rings (SSSR count). The SMILES string of the molecule is CCc1ccc(Cl)c(-c2cccc(F)c2)c1. The van der Waals surface area contributed by atoms with Gasteiger partial charge in [-0.15, -0.1) is 0 Å². The molecular weight excluding hydrogens is 223 g/mol. The van der Waals surface area contributed by atoms with E-state index in [2.05, 4.69) is 6.92 Å². The number of aryl methyl sites for hydroxylation is 1. The highest BCUT2D eigenvalue weighted by molar-refractivity contribution is 6.33. The summed E-state index contributed by atoms with van der Waals surface area (Å²) in [5, 5.41) is 0.655. The molecule has 0 amide bonds. The standard InChI is InChI=1S/C14H12ClF/c1-2-10-6-7-14(15)13(8-10)11-4-3-5-12(16)9-11/h3-9H,2H2,1H3. The summed E-state index contributed by atoms with van der Waals surface area (Å²) < 4.78 is 13.1. The van der Waals surface area contributed by atoms with Crippen LogP contribution in [0.2, 0.25) is 5.02 Å². The second-order valence-electron chi connectivity index (χ2n) is 3.68. The number of hydrogen-bond donors (Lipinski definition) is 0. The topological polar surface area (TPSA) is 0 Å². The zero-order valence-corrected chi connectivity index (χ0v) is 9.76. The summed E-state index contributed by atoms with van der Waals surface area (Å²) in [6.45, 7) is 2.08. The number of hydrogen-bond acceptors (Lipinski definition) is 0. The highest BCUT2D eigenvalue weighted by Crippen LogP contribution is 2.29. The summed E-state index contributed by atoms with van der Waals surface area (Å²) in [6, 6.07) is 12.4. The predicted octanol–water partition coefficient (Wildman–Crippen LogP) is 4.71. The van der Waals surface area contributed by atoms with Crippen molar-refractivity contribution in [2.45, 2.75) is 13.3 Å². The maximum absolute atomic E-state index is 13.1. The highest BCUT2D eigenvalue weighted by Gasteiger charge is 2.05. The zero-order valence-electron chi connectivity index (χ0n) is 9.00. The van der Waals surface area contributed by atoms with Crippen LogP contribution in [0.5, 0.6) is 0 Å². The normalized spacial score (nSPS) is 10.4. The second-order valence-corrected chi connectivity index (χ2v) is 4.09. The van der Waals surface area contributed by atoms with Gasteiger partial charge in [0.05, 0.1) is 0 Å². The van der Waals surface area contributed by atoms with E-state index in [-0.39, 0.29) is 5.82 Å². The first kappa shape index (κ1) is 11.2. The molecule has 0 spiro atoms. The molecule has 0 aliphatic rings. The Morgan fingerprint density at radius 1 is 1.12 bits per heavy atom. The molecule has 0 saturated carbocycles. The fraction of sp³-hybridized carbons (Fsp3) is 0.143. The van der Waals surface area contributed by atoms with Gasteiger partial charge in [0.15, 0.2) is 0 Å². The average Bonchev–Trinajstić information content (AvgIpc) is 2.30. The average molecular weight is 235 g/mol. The quantitative estimate of drug-likeness (QED) is 0.706. The molecule has 0 radical (unpaired) electrons. The van der Waals surface area contributed by atoms with Gasteiger partial charge in [-0.25, -0.2) is 4.39 Å². The highest BCUT2D eigenvalue weighted by atomic mass is 35.5. The van der Waals surface area contributed by atoms with Gasteiger partial charge in [0.25, 0.3) is 0 Å². The molecule has 0 aliphatic carbocycles. The second kappa shape index (κ2) is 4.67. The van der Waals surface area contributed by atoms with Gasteiger partial charge in [-0.2, -0.15) is 0 Å². The lowest BCUT2D eigenvalue weighted by Crippen LogP contribution is -1.85. The van der Waals surface area contributed by atoms with Gasteiger partial charge in [0.1, 0.15) is 5.82 Å². The molecule has 0 saturated heterocycles. The van der Waals surface area contributed by atoms with E-state index in [0.717, 1.165) is 17.5 Å². The molecule has 2 aromatic carbocycles. The van der Waals surface area contributed by atoms with Crippen LogP contribution >= 0.6 is 11.6 Å². The predicted molar refractivity (Wildman–Crippen MR) is 66.2 cm³/mol. The van der Waals surface area contributed by atoms with Crippen molar-refractivity contribution < 1.29 is 4.39 Å². The molecule has 0 unspecified atom stereocenters. The molecule has 16 heavy (non-hydrogen) atoms. The van der Waals surface area contributed by atoms with Crippen molar-refractivity contribution in [3.63, 3.8) is 0 Å². The van der Waals surface area contributed by atoms with E-state index in [0.29, 0.717) is 5.02 Å². The van der Waals surface area contributed by atoms with Crippen molar-refractivity contribution in [2.24, 2.45) is 0 Å². The van der Waals surface area contributed by atoms with E-state index in [1.54, 1.807) is 6.07 Å². The molecule has 0 bridgehead atoms. The first-order valence-corrected chi connectivity index (χ1v) is 5.63. The summed E-state index contributed by atoms with van der Waals surface area (Å²) >= 11 is 6.12. The molecule has 0 nitrogen and oxygen atoms in total. The molecule has 0 aromatic heterocycles. The third-order valence-electron chi connectivity index (χ3n) is 2.57. The van der Waals surface area contributed by atoms with Crippen LogP contribution in [0.1, 0.15) is 12.5 Å². The van der Waals surface area contributed by atoms with Crippen molar-refractivity contribution in [3.05, 3.63) is 58.9 Å². The minimum atomic E-state index is -0.240. The lowest BCUT2D eigenvalue weighted by Gasteiger charge is -2.07. The minimum Gasteiger partial charge on any atom is -0.207 e. The van der Waals surface area contributed by atoms with E-state index < -0.39 is 0 Å². The first-order valence-electron chi connectivity index (χ1n) is 5.25. The monoisotopic (exact) mass is 234 g/mol.